The Hall–Kier alpha value is -1.04. The Bertz CT molecular complexity index is 414. The second-order valence-corrected chi connectivity index (χ2v) is 4.71. The van der Waals surface area contributed by atoms with Crippen molar-refractivity contribution in [2.24, 2.45) is 5.73 Å². The summed E-state index contributed by atoms with van der Waals surface area (Å²) in [4.78, 5) is 2.11. The van der Waals surface area contributed by atoms with Crippen molar-refractivity contribution < 1.29 is 13.5 Å². The van der Waals surface area contributed by atoms with Crippen molar-refractivity contribution in [2.45, 2.75) is 19.1 Å². The van der Waals surface area contributed by atoms with Gasteiger partial charge in [-0.25, -0.2) is 8.78 Å². The maximum absolute atomic E-state index is 13.6. The Morgan fingerprint density at radius 3 is 3.00 bits per heavy atom. The lowest BCUT2D eigenvalue weighted by Crippen LogP contribution is -2.44. The van der Waals surface area contributed by atoms with E-state index in [2.05, 4.69) is 4.90 Å². The molecule has 2 unspecified atom stereocenters. The van der Waals surface area contributed by atoms with Crippen LogP contribution in [0.1, 0.15) is 18.5 Å². The lowest BCUT2D eigenvalue weighted by atomic mass is 10.1. The average molecular weight is 256 g/mol. The van der Waals surface area contributed by atoms with Gasteiger partial charge in [0, 0.05) is 31.2 Å². The number of hydrogen-bond acceptors (Lipinski definition) is 3. The van der Waals surface area contributed by atoms with E-state index in [1.807, 2.05) is 6.92 Å². The molecule has 1 aromatic carbocycles. The minimum atomic E-state index is -0.522. The Kier molecular flexibility index (Phi) is 4.27. The number of ether oxygens (including phenoxy) is 1. The highest BCUT2D eigenvalue weighted by atomic mass is 19.1. The predicted molar refractivity (Wildman–Crippen MR) is 65.1 cm³/mol. The van der Waals surface area contributed by atoms with Gasteiger partial charge in [-0.2, -0.15) is 0 Å². The first kappa shape index (κ1) is 13.4. The molecule has 5 heteroatoms. The van der Waals surface area contributed by atoms with Crippen LogP contribution in [-0.2, 0) is 4.74 Å². The zero-order valence-electron chi connectivity index (χ0n) is 10.4. The summed E-state index contributed by atoms with van der Waals surface area (Å²) in [6, 6.07) is 2.87. The van der Waals surface area contributed by atoms with Crippen LogP contribution in [0, 0.1) is 11.6 Å². The molecule has 0 bridgehead atoms. The smallest absolute Gasteiger partial charge is 0.128 e. The fourth-order valence-corrected chi connectivity index (χ4v) is 2.23. The van der Waals surface area contributed by atoms with Crippen molar-refractivity contribution in [3.63, 3.8) is 0 Å². The maximum atomic E-state index is 13.6. The van der Waals surface area contributed by atoms with Gasteiger partial charge in [0.15, 0.2) is 0 Å². The molecule has 0 amide bonds. The molecule has 1 fully saturated rings. The van der Waals surface area contributed by atoms with E-state index < -0.39 is 17.7 Å². The van der Waals surface area contributed by atoms with Crippen LogP contribution in [0.4, 0.5) is 8.78 Å². The first-order chi connectivity index (χ1) is 8.56. The lowest BCUT2D eigenvalue weighted by molar-refractivity contribution is -0.0200. The van der Waals surface area contributed by atoms with Crippen molar-refractivity contribution in [1.82, 2.24) is 4.90 Å². The van der Waals surface area contributed by atoms with Gasteiger partial charge in [0.1, 0.15) is 11.6 Å². The van der Waals surface area contributed by atoms with Crippen LogP contribution < -0.4 is 5.73 Å². The summed E-state index contributed by atoms with van der Waals surface area (Å²) in [6.45, 7) is 4.69. The van der Waals surface area contributed by atoms with Crippen LogP contribution in [0.5, 0.6) is 0 Å². The quantitative estimate of drug-likeness (QED) is 0.894. The topological polar surface area (TPSA) is 38.5 Å². The standard InChI is InChI=1S/C13H18F2N2O/c1-9-7-17(4-5-18-9)8-13(16)11-6-10(14)2-3-12(11)15/h2-3,6,9,13H,4-5,7-8,16H2,1H3. The number of morpholine rings is 1. The molecule has 0 spiro atoms. The lowest BCUT2D eigenvalue weighted by Gasteiger charge is -2.32. The third-order valence-corrected chi connectivity index (χ3v) is 3.14. The summed E-state index contributed by atoms with van der Waals surface area (Å²) in [6.07, 6.45) is 0.156. The summed E-state index contributed by atoms with van der Waals surface area (Å²) in [5.41, 5.74) is 6.18. The molecule has 2 atom stereocenters. The average Bonchev–Trinajstić information content (AvgIpc) is 2.32. The molecule has 0 saturated carbocycles. The van der Waals surface area contributed by atoms with E-state index in [-0.39, 0.29) is 11.7 Å². The van der Waals surface area contributed by atoms with Gasteiger partial charge < -0.3 is 10.5 Å². The Morgan fingerprint density at radius 1 is 1.50 bits per heavy atom. The minimum absolute atomic E-state index is 0.156. The van der Waals surface area contributed by atoms with E-state index in [1.165, 1.54) is 6.07 Å². The van der Waals surface area contributed by atoms with Crippen LogP contribution in [0.15, 0.2) is 18.2 Å². The van der Waals surface area contributed by atoms with Crippen molar-refractivity contribution in [3.05, 3.63) is 35.4 Å². The van der Waals surface area contributed by atoms with Crippen LogP contribution in [0.3, 0.4) is 0 Å². The van der Waals surface area contributed by atoms with Gasteiger partial charge in [-0.3, -0.25) is 4.90 Å². The second-order valence-electron chi connectivity index (χ2n) is 4.71. The van der Waals surface area contributed by atoms with E-state index in [1.54, 1.807) is 0 Å². The minimum Gasteiger partial charge on any atom is -0.376 e. The molecular formula is C13H18F2N2O. The van der Waals surface area contributed by atoms with Crippen LogP contribution in [0.2, 0.25) is 0 Å². The van der Waals surface area contributed by atoms with Crippen molar-refractivity contribution in [2.75, 3.05) is 26.2 Å². The third-order valence-electron chi connectivity index (χ3n) is 3.14. The summed E-state index contributed by atoms with van der Waals surface area (Å²) < 4.78 is 32.1. The van der Waals surface area contributed by atoms with E-state index in [4.69, 9.17) is 10.5 Å². The number of rotatable bonds is 3. The highest BCUT2D eigenvalue weighted by molar-refractivity contribution is 5.22. The normalized spacial score (nSPS) is 23.0. The molecule has 18 heavy (non-hydrogen) atoms. The van der Waals surface area contributed by atoms with Gasteiger partial charge in [-0.1, -0.05) is 0 Å². The highest BCUT2D eigenvalue weighted by Crippen LogP contribution is 2.18. The molecule has 1 saturated heterocycles. The highest BCUT2D eigenvalue weighted by Gasteiger charge is 2.21. The molecule has 0 aromatic heterocycles. The van der Waals surface area contributed by atoms with Crippen molar-refractivity contribution in [3.8, 4) is 0 Å². The zero-order chi connectivity index (χ0) is 13.1. The molecule has 1 aromatic rings. The maximum Gasteiger partial charge on any atom is 0.128 e. The van der Waals surface area contributed by atoms with E-state index in [0.29, 0.717) is 13.2 Å². The Labute approximate surface area is 106 Å². The number of hydrogen-bond donors (Lipinski definition) is 1. The van der Waals surface area contributed by atoms with Gasteiger partial charge in [-0.15, -0.1) is 0 Å². The molecule has 2 N–H and O–H groups in total. The fraction of sp³-hybridized carbons (Fsp3) is 0.538. The summed E-state index contributed by atoms with van der Waals surface area (Å²) in [5.74, 6) is -0.914. The number of nitrogens with two attached hydrogens (primary N) is 1. The molecule has 3 nitrogen and oxygen atoms in total. The van der Waals surface area contributed by atoms with E-state index in [0.717, 1.165) is 25.2 Å². The Balaban J connectivity index is 2.02. The fourth-order valence-electron chi connectivity index (χ4n) is 2.23. The molecular weight excluding hydrogens is 238 g/mol. The van der Waals surface area contributed by atoms with Crippen molar-refractivity contribution >= 4 is 0 Å². The van der Waals surface area contributed by atoms with Crippen LogP contribution in [-0.4, -0.2) is 37.2 Å². The first-order valence-corrected chi connectivity index (χ1v) is 6.10. The number of nitrogens with zero attached hydrogens (tertiary/aromatic N) is 1. The molecule has 100 valence electrons. The van der Waals surface area contributed by atoms with Crippen LogP contribution in [0.25, 0.3) is 0 Å². The number of benzene rings is 1. The SMILES string of the molecule is CC1CN(CC(N)c2cc(F)ccc2F)CCO1. The van der Waals surface area contributed by atoms with Gasteiger partial charge in [0.05, 0.1) is 12.7 Å². The van der Waals surface area contributed by atoms with Gasteiger partial charge >= 0.3 is 0 Å². The number of halogens is 2. The zero-order valence-corrected chi connectivity index (χ0v) is 10.4. The molecule has 1 aliphatic rings. The van der Waals surface area contributed by atoms with Gasteiger partial charge in [-0.05, 0) is 25.1 Å². The molecule has 1 heterocycles. The molecule has 0 radical (unpaired) electrons. The van der Waals surface area contributed by atoms with Gasteiger partial charge in [0.2, 0.25) is 0 Å². The summed E-state index contributed by atoms with van der Waals surface area (Å²) >= 11 is 0. The summed E-state index contributed by atoms with van der Waals surface area (Å²) in [7, 11) is 0. The van der Waals surface area contributed by atoms with Crippen LogP contribution >= 0.6 is 0 Å². The monoisotopic (exact) mass is 256 g/mol. The van der Waals surface area contributed by atoms with E-state index in [9.17, 15) is 8.78 Å². The second kappa shape index (κ2) is 5.73. The van der Waals surface area contributed by atoms with Gasteiger partial charge in [0.25, 0.3) is 0 Å². The predicted octanol–water partition coefficient (Wildman–Crippen LogP) is 1.69. The first-order valence-electron chi connectivity index (χ1n) is 6.10. The molecule has 2 rings (SSSR count). The van der Waals surface area contributed by atoms with E-state index >= 15 is 0 Å². The molecule has 0 aliphatic carbocycles. The van der Waals surface area contributed by atoms with Crippen molar-refractivity contribution in [1.29, 1.82) is 0 Å². The third kappa shape index (κ3) is 3.25. The summed E-state index contributed by atoms with van der Waals surface area (Å²) in [5, 5.41) is 0. The largest absolute Gasteiger partial charge is 0.376 e. The molecule has 1 aliphatic heterocycles. The Morgan fingerprint density at radius 2 is 2.28 bits per heavy atom.